The Bertz CT molecular complexity index is 882. The fraction of sp³-hybridized carbons (Fsp3) is 0.750. The van der Waals surface area contributed by atoms with E-state index in [1.165, 1.54) is 11.1 Å². The van der Waals surface area contributed by atoms with Crippen molar-refractivity contribution in [1.29, 1.82) is 0 Å². The minimum atomic E-state index is -0.993. The molecule has 0 N–H and O–H groups in total. The summed E-state index contributed by atoms with van der Waals surface area (Å²) in [5.41, 5.74) is 1.16. The van der Waals surface area contributed by atoms with Gasteiger partial charge in [0.25, 0.3) is 0 Å². The zero-order valence-electron chi connectivity index (χ0n) is 20.6. The Balaban J connectivity index is 1.67. The third kappa shape index (κ3) is 3.35. The maximum Gasteiger partial charge on any atom is 0.306 e. The third-order valence-electron chi connectivity index (χ3n) is 9.79. The largest absolute Gasteiger partial charge is 0.450 e. The molecule has 0 spiro atoms. The van der Waals surface area contributed by atoms with Gasteiger partial charge in [-0.25, -0.2) is 0 Å². The summed E-state index contributed by atoms with van der Waals surface area (Å²) in [5.74, 6) is 1.21. The maximum absolute atomic E-state index is 13.1. The summed E-state index contributed by atoms with van der Waals surface area (Å²) in [7, 11) is 0. The Morgan fingerprint density at radius 1 is 1.09 bits per heavy atom. The molecule has 0 aromatic heterocycles. The first-order chi connectivity index (χ1) is 15.1. The minimum absolute atomic E-state index is 0.0105. The molecule has 0 saturated heterocycles. The second kappa shape index (κ2) is 8.25. The third-order valence-corrected chi connectivity index (χ3v) is 9.79. The SMILES string of the molecule is CCCCCC(=O)O[C@]1(C(C)=O)CC[C@@H]2[C@@H]3C=C(C)C4=CC(=O)CC[C@]4(C)[C@H]3CC[C@@]21C. The summed E-state index contributed by atoms with van der Waals surface area (Å²) in [6, 6.07) is 0. The van der Waals surface area contributed by atoms with E-state index in [1.54, 1.807) is 6.92 Å². The Hall–Kier alpha value is -1.71. The predicted octanol–water partition coefficient (Wildman–Crippen LogP) is 6.14. The van der Waals surface area contributed by atoms with E-state index in [0.717, 1.165) is 44.9 Å². The molecule has 0 aromatic carbocycles. The number of Topliss-reactive ketones (excluding diaryl/α,β-unsaturated/α-hetero) is 1. The summed E-state index contributed by atoms with van der Waals surface area (Å²) in [6.07, 6.45) is 12.6. The molecule has 32 heavy (non-hydrogen) atoms. The van der Waals surface area contributed by atoms with E-state index in [-0.39, 0.29) is 28.4 Å². The summed E-state index contributed by atoms with van der Waals surface area (Å²) in [5, 5.41) is 0. The lowest BCUT2D eigenvalue weighted by Gasteiger charge is -2.58. The first kappa shape index (κ1) is 23.4. The van der Waals surface area contributed by atoms with Gasteiger partial charge in [0.15, 0.2) is 17.2 Å². The fourth-order valence-electron chi connectivity index (χ4n) is 8.00. The van der Waals surface area contributed by atoms with Gasteiger partial charge < -0.3 is 4.74 Å². The monoisotopic (exact) mass is 440 g/mol. The van der Waals surface area contributed by atoms with Crippen LogP contribution >= 0.6 is 0 Å². The number of carbonyl (C=O) groups is 3. The van der Waals surface area contributed by atoms with Crippen molar-refractivity contribution in [2.24, 2.45) is 28.6 Å². The van der Waals surface area contributed by atoms with Gasteiger partial charge in [0, 0.05) is 18.3 Å². The van der Waals surface area contributed by atoms with Gasteiger partial charge in [-0.2, -0.15) is 0 Å². The Morgan fingerprint density at radius 3 is 2.50 bits per heavy atom. The van der Waals surface area contributed by atoms with E-state index in [1.807, 2.05) is 6.08 Å². The molecule has 4 heteroatoms. The highest BCUT2D eigenvalue weighted by Crippen LogP contribution is 2.67. The van der Waals surface area contributed by atoms with Crippen LogP contribution in [0.5, 0.6) is 0 Å². The molecular formula is C28H40O4. The quantitative estimate of drug-likeness (QED) is 0.368. The Morgan fingerprint density at radius 2 is 1.81 bits per heavy atom. The molecule has 6 atom stereocenters. The number of rotatable bonds is 6. The van der Waals surface area contributed by atoms with Crippen LogP contribution in [0, 0.1) is 28.6 Å². The van der Waals surface area contributed by atoms with Crippen LogP contribution in [0.25, 0.3) is 0 Å². The predicted molar refractivity (Wildman–Crippen MR) is 125 cm³/mol. The van der Waals surface area contributed by atoms with Gasteiger partial charge in [-0.3, -0.25) is 14.4 Å². The van der Waals surface area contributed by atoms with E-state index in [0.29, 0.717) is 37.0 Å². The maximum atomic E-state index is 13.1. The van der Waals surface area contributed by atoms with Crippen LogP contribution in [0.4, 0.5) is 0 Å². The van der Waals surface area contributed by atoms with Crippen molar-refractivity contribution in [3.05, 3.63) is 23.3 Å². The molecule has 2 fully saturated rings. The molecular weight excluding hydrogens is 400 g/mol. The lowest BCUT2D eigenvalue weighted by Crippen LogP contribution is -2.58. The zero-order chi connectivity index (χ0) is 23.3. The highest BCUT2D eigenvalue weighted by atomic mass is 16.6. The number of allylic oxidation sites excluding steroid dienone is 4. The zero-order valence-corrected chi connectivity index (χ0v) is 20.6. The molecule has 0 aliphatic heterocycles. The van der Waals surface area contributed by atoms with Crippen molar-refractivity contribution in [2.45, 2.75) is 104 Å². The van der Waals surface area contributed by atoms with Crippen LogP contribution in [0.2, 0.25) is 0 Å². The van der Waals surface area contributed by atoms with E-state index in [4.69, 9.17) is 4.74 Å². The first-order valence-electron chi connectivity index (χ1n) is 12.8. The fourth-order valence-corrected chi connectivity index (χ4v) is 8.00. The Kier molecular flexibility index (Phi) is 6.05. The molecule has 176 valence electrons. The normalized spacial score (nSPS) is 40.5. The summed E-state index contributed by atoms with van der Waals surface area (Å²) < 4.78 is 6.17. The van der Waals surface area contributed by atoms with Crippen LogP contribution in [-0.2, 0) is 19.1 Å². The second-order valence-electron chi connectivity index (χ2n) is 11.4. The lowest BCUT2D eigenvalue weighted by atomic mass is 9.47. The number of ether oxygens (including phenoxy) is 1. The van der Waals surface area contributed by atoms with Crippen LogP contribution in [0.15, 0.2) is 23.3 Å². The minimum Gasteiger partial charge on any atom is -0.450 e. The number of hydrogen-bond donors (Lipinski definition) is 0. The number of esters is 1. The van der Waals surface area contributed by atoms with Gasteiger partial charge in [0.05, 0.1) is 0 Å². The second-order valence-corrected chi connectivity index (χ2v) is 11.4. The van der Waals surface area contributed by atoms with Crippen molar-refractivity contribution in [1.82, 2.24) is 0 Å². The molecule has 0 unspecified atom stereocenters. The molecule has 0 amide bonds. The smallest absolute Gasteiger partial charge is 0.306 e. The van der Waals surface area contributed by atoms with Crippen molar-refractivity contribution < 1.29 is 19.1 Å². The van der Waals surface area contributed by atoms with Gasteiger partial charge in [-0.15, -0.1) is 0 Å². The highest BCUT2D eigenvalue weighted by molar-refractivity contribution is 5.92. The highest BCUT2D eigenvalue weighted by Gasteiger charge is 2.67. The molecule has 4 aliphatic rings. The number of hydrogen-bond acceptors (Lipinski definition) is 4. The van der Waals surface area contributed by atoms with Crippen molar-refractivity contribution in [3.63, 3.8) is 0 Å². The summed E-state index contributed by atoms with van der Waals surface area (Å²) in [6.45, 7) is 10.4. The average Bonchev–Trinajstić information content (AvgIpc) is 3.03. The lowest BCUT2D eigenvalue weighted by molar-refractivity contribution is -0.187. The number of unbranched alkanes of at least 4 members (excludes halogenated alkanes) is 2. The molecule has 0 bridgehead atoms. The van der Waals surface area contributed by atoms with Gasteiger partial charge in [-0.05, 0) is 87.2 Å². The first-order valence-corrected chi connectivity index (χ1v) is 12.8. The standard InChI is InChI=1S/C28H40O4/c1-6-7-8-9-25(31)32-28(19(3)29)15-12-23-21-16-18(2)24-17-20(30)10-13-26(24,4)22(21)11-14-27(23,28)5/h16-17,21-23H,6-15H2,1-5H3/t21-,22+,23-,26-,27+,28+/m1/s1. The van der Waals surface area contributed by atoms with E-state index >= 15 is 0 Å². The van der Waals surface area contributed by atoms with Crippen LogP contribution in [0.3, 0.4) is 0 Å². The van der Waals surface area contributed by atoms with Crippen molar-refractivity contribution >= 4 is 17.5 Å². The van der Waals surface area contributed by atoms with Gasteiger partial charge in [0.2, 0.25) is 0 Å². The molecule has 0 aromatic rings. The van der Waals surface area contributed by atoms with Crippen LogP contribution in [0.1, 0.15) is 98.8 Å². The van der Waals surface area contributed by atoms with E-state index in [2.05, 4.69) is 33.8 Å². The molecule has 0 heterocycles. The summed E-state index contributed by atoms with van der Waals surface area (Å²) in [4.78, 5) is 38.1. The van der Waals surface area contributed by atoms with Crippen LogP contribution < -0.4 is 0 Å². The van der Waals surface area contributed by atoms with Gasteiger partial charge in [0.1, 0.15) is 0 Å². The molecule has 0 radical (unpaired) electrons. The average molecular weight is 441 g/mol. The van der Waals surface area contributed by atoms with E-state index < -0.39 is 5.60 Å². The number of fused-ring (bicyclic) bond motifs is 5. The topological polar surface area (TPSA) is 60.4 Å². The molecule has 4 aliphatic carbocycles. The molecule has 4 rings (SSSR count). The molecule has 2 saturated carbocycles. The Labute approximate surface area is 193 Å². The van der Waals surface area contributed by atoms with Gasteiger partial charge in [-0.1, -0.05) is 45.3 Å². The van der Waals surface area contributed by atoms with Crippen molar-refractivity contribution in [2.75, 3.05) is 0 Å². The van der Waals surface area contributed by atoms with Crippen LogP contribution in [-0.4, -0.2) is 23.1 Å². The number of carbonyl (C=O) groups excluding carboxylic acids is 3. The van der Waals surface area contributed by atoms with E-state index in [9.17, 15) is 14.4 Å². The van der Waals surface area contributed by atoms with Crippen molar-refractivity contribution in [3.8, 4) is 0 Å². The number of ketones is 2. The molecule has 4 nitrogen and oxygen atoms in total. The summed E-state index contributed by atoms with van der Waals surface area (Å²) >= 11 is 0. The van der Waals surface area contributed by atoms with Gasteiger partial charge >= 0.3 is 5.97 Å².